The lowest BCUT2D eigenvalue weighted by molar-refractivity contribution is 0.0906. The normalized spacial score (nSPS) is 22.4. The lowest BCUT2D eigenvalue weighted by atomic mass is 9.97. The van der Waals surface area contributed by atoms with Gasteiger partial charge in [0.05, 0.1) is 12.3 Å². The third kappa shape index (κ3) is 3.62. The number of fused-ring (bicyclic) bond motifs is 1. The van der Waals surface area contributed by atoms with Crippen molar-refractivity contribution in [2.45, 2.75) is 26.0 Å². The van der Waals surface area contributed by atoms with Crippen molar-refractivity contribution in [3.8, 4) is 5.75 Å². The quantitative estimate of drug-likeness (QED) is 0.879. The molecule has 0 bridgehead atoms. The van der Waals surface area contributed by atoms with Crippen molar-refractivity contribution in [1.82, 2.24) is 15.1 Å². The van der Waals surface area contributed by atoms with E-state index in [2.05, 4.69) is 35.7 Å². The van der Waals surface area contributed by atoms with E-state index in [4.69, 9.17) is 9.47 Å². The van der Waals surface area contributed by atoms with Gasteiger partial charge in [-0.3, -0.25) is 4.68 Å². The van der Waals surface area contributed by atoms with Gasteiger partial charge in [0.25, 0.3) is 0 Å². The maximum Gasteiger partial charge on any atom is 0.127 e. The summed E-state index contributed by atoms with van der Waals surface area (Å²) in [6.07, 6.45) is 7.54. The van der Waals surface area contributed by atoms with E-state index >= 15 is 0 Å². The molecule has 3 heterocycles. The smallest absolute Gasteiger partial charge is 0.127 e. The summed E-state index contributed by atoms with van der Waals surface area (Å²) in [7, 11) is 0. The Morgan fingerprint density at radius 2 is 2.24 bits per heavy atom. The highest BCUT2D eigenvalue weighted by atomic mass is 16.5. The van der Waals surface area contributed by atoms with Gasteiger partial charge in [-0.25, -0.2) is 0 Å². The molecule has 0 radical (unpaired) electrons. The van der Waals surface area contributed by atoms with E-state index < -0.39 is 0 Å². The number of benzene rings is 1. The minimum Gasteiger partial charge on any atom is -0.489 e. The van der Waals surface area contributed by atoms with E-state index in [9.17, 15) is 0 Å². The number of hydrogen-bond donors (Lipinski definition) is 1. The van der Waals surface area contributed by atoms with E-state index in [1.807, 2.05) is 29.1 Å². The van der Waals surface area contributed by atoms with E-state index in [0.717, 1.165) is 38.4 Å². The molecule has 0 aliphatic carbocycles. The van der Waals surface area contributed by atoms with Gasteiger partial charge < -0.3 is 14.8 Å². The van der Waals surface area contributed by atoms with Gasteiger partial charge in [0, 0.05) is 49.5 Å². The predicted molar refractivity (Wildman–Crippen MR) is 97.5 cm³/mol. The number of aromatic nitrogens is 2. The summed E-state index contributed by atoms with van der Waals surface area (Å²) in [5.74, 6) is 1.47. The molecule has 5 nitrogen and oxygen atoms in total. The van der Waals surface area contributed by atoms with Gasteiger partial charge in [-0.1, -0.05) is 18.2 Å². The largest absolute Gasteiger partial charge is 0.489 e. The number of nitrogens with one attached hydrogen (secondary N) is 1. The van der Waals surface area contributed by atoms with Crippen molar-refractivity contribution in [1.29, 1.82) is 0 Å². The molecule has 1 N–H and O–H groups in total. The fourth-order valence-corrected chi connectivity index (χ4v) is 3.59. The molecule has 1 aromatic carbocycles. The molecule has 0 spiro atoms. The van der Waals surface area contributed by atoms with Crippen molar-refractivity contribution >= 4 is 6.08 Å². The molecular weight excluding hydrogens is 314 g/mol. The Balaban J connectivity index is 1.33. The number of ether oxygens (including phenoxy) is 2. The third-order valence-corrected chi connectivity index (χ3v) is 4.97. The Hall–Kier alpha value is -2.11. The van der Waals surface area contributed by atoms with Crippen LogP contribution >= 0.6 is 0 Å². The molecule has 1 saturated heterocycles. The molecule has 0 unspecified atom stereocenters. The van der Waals surface area contributed by atoms with Gasteiger partial charge in [0.1, 0.15) is 12.4 Å². The molecule has 1 fully saturated rings. The molecule has 132 valence electrons. The monoisotopic (exact) mass is 339 g/mol. The number of rotatable bonds is 6. The highest BCUT2D eigenvalue weighted by Crippen LogP contribution is 2.34. The zero-order valence-corrected chi connectivity index (χ0v) is 14.6. The number of nitrogens with zero attached hydrogens (tertiary/aromatic N) is 2. The van der Waals surface area contributed by atoms with Crippen LogP contribution in [0.1, 0.15) is 30.6 Å². The van der Waals surface area contributed by atoms with Crippen LogP contribution in [0.4, 0.5) is 0 Å². The van der Waals surface area contributed by atoms with Gasteiger partial charge in [-0.05, 0) is 31.1 Å². The maximum atomic E-state index is 5.97. The lowest BCUT2D eigenvalue weighted by Gasteiger charge is -2.21. The Labute approximate surface area is 148 Å². The summed E-state index contributed by atoms with van der Waals surface area (Å²) in [4.78, 5) is 0. The Morgan fingerprint density at radius 3 is 3.12 bits per heavy atom. The van der Waals surface area contributed by atoms with Crippen LogP contribution in [0.2, 0.25) is 0 Å². The van der Waals surface area contributed by atoms with Gasteiger partial charge in [0.15, 0.2) is 0 Å². The molecule has 1 aromatic heterocycles. The third-order valence-electron chi connectivity index (χ3n) is 4.97. The van der Waals surface area contributed by atoms with Crippen LogP contribution in [-0.2, 0) is 11.3 Å². The summed E-state index contributed by atoms with van der Waals surface area (Å²) in [5, 5.41) is 7.97. The minimum atomic E-state index is 0.158. The Morgan fingerprint density at radius 1 is 1.32 bits per heavy atom. The van der Waals surface area contributed by atoms with E-state index in [1.165, 1.54) is 16.7 Å². The van der Waals surface area contributed by atoms with E-state index in [-0.39, 0.29) is 6.10 Å². The predicted octanol–water partition coefficient (Wildman–Crippen LogP) is 3.05. The van der Waals surface area contributed by atoms with Crippen LogP contribution in [-0.4, -0.2) is 36.1 Å². The van der Waals surface area contributed by atoms with Gasteiger partial charge in [-0.2, -0.15) is 5.10 Å². The van der Waals surface area contributed by atoms with Crippen molar-refractivity contribution < 1.29 is 9.47 Å². The second kappa shape index (κ2) is 7.42. The molecular formula is C20H25N3O2. The zero-order chi connectivity index (χ0) is 17.1. The van der Waals surface area contributed by atoms with Crippen LogP contribution in [0.25, 0.3) is 6.08 Å². The molecule has 5 heteroatoms. The highest BCUT2D eigenvalue weighted by molar-refractivity contribution is 5.62. The molecule has 25 heavy (non-hydrogen) atoms. The van der Waals surface area contributed by atoms with Crippen LogP contribution in [0.15, 0.2) is 42.2 Å². The Bertz CT molecular complexity index is 753. The first-order chi connectivity index (χ1) is 12.3. The first-order valence-corrected chi connectivity index (χ1v) is 9.09. The minimum absolute atomic E-state index is 0.158. The lowest BCUT2D eigenvalue weighted by Crippen LogP contribution is -2.28. The first-order valence-electron chi connectivity index (χ1n) is 9.09. The average Bonchev–Trinajstić information content (AvgIpc) is 3.30. The average molecular weight is 339 g/mol. The zero-order valence-electron chi connectivity index (χ0n) is 14.6. The van der Waals surface area contributed by atoms with Crippen molar-refractivity contribution in [3.63, 3.8) is 0 Å². The summed E-state index contributed by atoms with van der Waals surface area (Å²) < 4.78 is 13.7. The number of hydrogen-bond acceptors (Lipinski definition) is 4. The molecule has 4 rings (SSSR count). The van der Waals surface area contributed by atoms with Crippen LogP contribution in [0.5, 0.6) is 5.75 Å². The van der Waals surface area contributed by atoms with Gasteiger partial charge >= 0.3 is 0 Å². The molecule has 2 aromatic rings. The fraction of sp³-hybridized carbons (Fsp3) is 0.450. The number of para-hydroxylation sites is 1. The van der Waals surface area contributed by atoms with Crippen molar-refractivity contribution in [2.24, 2.45) is 5.92 Å². The molecule has 2 aliphatic rings. The SMILES string of the molecule is CCn1cc([C@@H]2OCC[C@H]2CNCC2=Cc3ccccc3OC2)cn1. The molecule has 2 aliphatic heterocycles. The maximum absolute atomic E-state index is 5.97. The second-order valence-corrected chi connectivity index (χ2v) is 6.73. The summed E-state index contributed by atoms with van der Waals surface area (Å²) in [6.45, 7) is 6.28. The highest BCUT2D eigenvalue weighted by Gasteiger charge is 2.30. The molecule has 0 saturated carbocycles. The summed E-state index contributed by atoms with van der Waals surface area (Å²) in [5.41, 5.74) is 3.65. The van der Waals surface area contributed by atoms with Crippen LogP contribution < -0.4 is 10.1 Å². The van der Waals surface area contributed by atoms with E-state index in [0.29, 0.717) is 12.5 Å². The summed E-state index contributed by atoms with van der Waals surface area (Å²) in [6, 6.07) is 8.18. The topological polar surface area (TPSA) is 48.3 Å². The first kappa shape index (κ1) is 16.4. The molecule has 0 amide bonds. The van der Waals surface area contributed by atoms with E-state index in [1.54, 1.807) is 0 Å². The summed E-state index contributed by atoms with van der Waals surface area (Å²) >= 11 is 0. The van der Waals surface area contributed by atoms with Gasteiger partial charge in [0.2, 0.25) is 0 Å². The van der Waals surface area contributed by atoms with Crippen molar-refractivity contribution in [2.75, 3.05) is 26.3 Å². The van der Waals surface area contributed by atoms with Crippen LogP contribution in [0, 0.1) is 5.92 Å². The van der Waals surface area contributed by atoms with Crippen LogP contribution in [0.3, 0.4) is 0 Å². The van der Waals surface area contributed by atoms with Gasteiger partial charge in [-0.15, -0.1) is 0 Å². The second-order valence-electron chi connectivity index (χ2n) is 6.73. The van der Waals surface area contributed by atoms with Crippen molar-refractivity contribution in [3.05, 3.63) is 53.4 Å². The number of aryl methyl sites for hydroxylation is 1. The molecule has 2 atom stereocenters. The Kier molecular flexibility index (Phi) is 4.85. The standard InChI is InChI=1S/C20H25N3O2/c1-2-23-13-18(12-22-23)20-17(7-8-24-20)11-21-10-15-9-16-5-3-4-6-19(16)25-14-15/h3-6,9,12-13,17,20-21H,2,7-8,10-11,14H2,1H3/t17-,20+/m0/s1. The fourth-order valence-electron chi connectivity index (χ4n) is 3.59.